The van der Waals surface area contributed by atoms with Crippen LogP contribution < -0.4 is 0 Å². The lowest BCUT2D eigenvalue weighted by Gasteiger charge is -2.28. The second-order valence-corrected chi connectivity index (χ2v) is 11.0. The Bertz CT molecular complexity index is 847. The number of hydrogen-bond donors (Lipinski definition) is 0. The quantitative estimate of drug-likeness (QED) is 0.730. The molecule has 0 bridgehead atoms. The Hall–Kier alpha value is -1.45. The Morgan fingerprint density at radius 2 is 2.00 bits per heavy atom. The van der Waals surface area contributed by atoms with E-state index in [1.54, 1.807) is 4.90 Å². The van der Waals surface area contributed by atoms with E-state index in [4.69, 9.17) is 0 Å². The van der Waals surface area contributed by atoms with Crippen LogP contribution in [0.15, 0.2) is 12.1 Å². The van der Waals surface area contributed by atoms with Crippen LogP contribution in [0.1, 0.15) is 34.8 Å². The molecule has 9 heteroatoms. The lowest BCUT2D eigenvalue weighted by Crippen LogP contribution is -2.44. The molecule has 2 fully saturated rings. The van der Waals surface area contributed by atoms with Gasteiger partial charge in [-0.25, -0.2) is 12.7 Å². The van der Waals surface area contributed by atoms with Gasteiger partial charge in [-0.05, 0) is 38.6 Å². The Morgan fingerprint density at radius 3 is 2.56 bits per heavy atom. The lowest BCUT2D eigenvalue weighted by atomic mass is 9.88. The largest absolute Gasteiger partial charge is 0.332 e. The fraction of sp³-hybridized carbons (Fsp3) is 0.667. The number of sulfonamides is 1. The Balaban J connectivity index is 1.91. The Morgan fingerprint density at radius 1 is 1.33 bits per heavy atom. The molecule has 2 saturated heterocycles. The summed E-state index contributed by atoms with van der Waals surface area (Å²) in [6, 6.07) is 2.94. The van der Waals surface area contributed by atoms with Crippen LogP contribution in [0, 0.1) is 11.8 Å². The van der Waals surface area contributed by atoms with Gasteiger partial charge in [-0.1, -0.05) is 13.8 Å². The smallest absolute Gasteiger partial charge is 0.264 e. The van der Waals surface area contributed by atoms with Gasteiger partial charge in [-0.3, -0.25) is 9.59 Å². The zero-order valence-electron chi connectivity index (χ0n) is 16.4. The first-order chi connectivity index (χ1) is 12.5. The van der Waals surface area contributed by atoms with E-state index >= 15 is 0 Å². The van der Waals surface area contributed by atoms with Gasteiger partial charge in [0.25, 0.3) is 5.91 Å². The summed E-state index contributed by atoms with van der Waals surface area (Å²) >= 11 is 1.46. The van der Waals surface area contributed by atoms with E-state index < -0.39 is 22.0 Å². The average molecular weight is 414 g/mol. The number of carbonyl (C=O) groups is 2. The molecule has 2 amide bonds. The molecular weight excluding hydrogens is 386 g/mol. The zero-order chi connectivity index (χ0) is 20.1. The normalized spacial score (nSPS) is 25.7. The summed E-state index contributed by atoms with van der Waals surface area (Å²) in [6.45, 7) is 5.05. The molecule has 0 aromatic carbocycles. The summed E-state index contributed by atoms with van der Waals surface area (Å²) in [5.41, 5.74) is 0. The predicted molar refractivity (Wildman–Crippen MR) is 105 cm³/mol. The molecule has 150 valence electrons. The third-order valence-electron chi connectivity index (χ3n) is 5.27. The van der Waals surface area contributed by atoms with E-state index in [2.05, 4.69) is 0 Å². The second-order valence-electron chi connectivity index (χ2n) is 8.02. The number of likely N-dealkylation sites (tertiary alicyclic amines) is 1. The molecule has 1 aromatic rings. The molecule has 1 aromatic heterocycles. The van der Waals surface area contributed by atoms with Gasteiger partial charge in [-0.2, -0.15) is 0 Å². The lowest BCUT2D eigenvalue weighted by molar-refractivity contribution is -0.129. The highest BCUT2D eigenvalue weighted by Gasteiger charge is 2.58. The summed E-state index contributed by atoms with van der Waals surface area (Å²) in [5, 5.41) is 0. The van der Waals surface area contributed by atoms with Crippen molar-refractivity contribution in [3.63, 3.8) is 0 Å². The first-order valence-corrected chi connectivity index (χ1v) is 11.8. The summed E-state index contributed by atoms with van der Waals surface area (Å²) < 4.78 is 25.4. The van der Waals surface area contributed by atoms with Crippen LogP contribution in [-0.4, -0.2) is 73.3 Å². The van der Waals surface area contributed by atoms with E-state index in [-0.39, 0.29) is 23.8 Å². The Labute approximate surface area is 165 Å². The minimum Gasteiger partial charge on any atom is -0.332 e. The molecule has 2 aliphatic rings. The second kappa shape index (κ2) is 7.18. The third-order valence-corrected chi connectivity index (χ3v) is 7.50. The minimum absolute atomic E-state index is 0.0437. The highest BCUT2D eigenvalue weighted by atomic mass is 32.2. The standard InChI is InChI=1S/C18H27N3O4S2/c1-11(2)15-16-13(21(18(15)23)27(5,24)25)8-9-20(16)17(22)14-7-6-12(26-14)10-19(3)4/h6-7,11,13,15-16H,8-10H2,1-5H3/t13-,15+,16-/m0/s1. The van der Waals surface area contributed by atoms with Crippen molar-refractivity contribution in [3.05, 3.63) is 21.9 Å². The van der Waals surface area contributed by atoms with Gasteiger partial charge in [-0.15, -0.1) is 11.3 Å². The maximum atomic E-state index is 13.2. The minimum atomic E-state index is -3.65. The van der Waals surface area contributed by atoms with Crippen LogP contribution in [0.25, 0.3) is 0 Å². The first-order valence-electron chi connectivity index (χ1n) is 9.10. The number of rotatable bonds is 5. The van der Waals surface area contributed by atoms with Crippen LogP contribution in [0.3, 0.4) is 0 Å². The summed E-state index contributed by atoms with van der Waals surface area (Å²) in [5.74, 6) is -1.01. The van der Waals surface area contributed by atoms with Crippen LogP contribution in [0.2, 0.25) is 0 Å². The molecule has 0 saturated carbocycles. The van der Waals surface area contributed by atoms with Crippen molar-refractivity contribution in [1.29, 1.82) is 0 Å². The van der Waals surface area contributed by atoms with Gasteiger partial charge in [0.15, 0.2) is 0 Å². The van der Waals surface area contributed by atoms with Crippen LogP contribution in [0.4, 0.5) is 0 Å². The molecule has 0 spiro atoms. The SMILES string of the molecule is CC(C)[C@H]1C(=O)N(S(C)(=O)=O)[C@H]2CCN(C(=O)c3ccc(CN(C)C)s3)[C@H]12. The third kappa shape index (κ3) is 3.64. The number of thiophene rings is 1. The number of nitrogens with zero attached hydrogens (tertiary/aromatic N) is 3. The van der Waals surface area contributed by atoms with Crippen molar-refractivity contribution in [2.24, 2.45) is 11.8 Å². The highest BCUT2D eigenvalue weighted by Crippen LogP contribution is 2.42. The van der Waals surface area contributed by atoms with Gasteiger partial charge in [0.1, 0.15) is 0 Å². The molecule has 3 atom stereocenters. The number of fused-ring (bicyclic) bond motifs is 1. The molecule has 0 unspecified atom stereocenters. The molecule has 27 heavy (non-hydrogen) atoms. The van der Waals surface area contributed by atoms with Gasteiger partial charge >= 0.3 is 0 Å². The van der Waals surface area contributed by atoms with Crippen molar-refractivity contribution < 1.29 is 18.0 Å². The number of amides is 2. The molecule has 3 heterocycles. The molecular formula is C18H27N3O4S2. The maximum absolute atomic E-state index is 13.2. The number of carbonyl (C=O) groups excluding carboxylic acids is 2. The van der Waals surface area contributed by atoms with E-state index in [1.807, 2.05) is 45.0 Å². The zero-order valence-corrected chi connectivity index (χ0v) is 18.0. The van der Waals surface area contributed by atoms with Crippen molar-refractivity contribution in [2.75, 3.05) is 26.9 Å². The monoisotopic (exact) mass is 413 g/mol. The fourth-order valence-electron chi connectivity index (χ4n) is 4.30. The number of hydrogen-bond acceptors (Lipinski definition) is 6. The maximum Gasteiger partial charge on any atom is 0.264 e. The van der Waals surface area contributed by atoms with Crippen LogP contribution in [0.5, 0.6) is 0 Å². The fourth-order valence-corrected chi connectivity index (χ4v) is 6.55. The topological polar surface area (TPSA) is 78.0 Å². The predicted octanol–water partition coefficient (Wildman–Crippen LogP) is 1.47. The van der Waals surface area contributed by atoms with Crippen molar-refractivity contribution in [2.45, 2.75) is 38.9 Å². The van der Waals surface area contributed by atoms with Crippen molar-refractivity contribution in [3.8, 4) is 0 Å². The molecule has 0 radical (unpaired) electrons. The summed E-state index contributed by atoms with van der Waals surface area (Å²) in [4.78, 5) is 31.5. The van der Waals surface area contributed by atoms with E-state index in [0.717, 1.165) is 22.0 Å². The molecule has 3 rings (SSSR count). The molecule has 0 N–H and O–H groups in total. The summed E-state index contributed by atoms with van der Waals surface area (Å²) in [7, 11) is 0.299. The molecule has 7 nitrogen and oxygen atoms in total. The van der Waals surface area contributed by atoms with E-state index in [1.165, 1.54) is 11.3 Å². The summed E-state index contributed by atoms with van der Waals surface area (Å²) in [6.07, 6.45) is 1.57. The molecule has 2 aliphatic heterocycles. The van der Waals surface area contributed by atoms with E-state index in [0.29, 0.717) is 17.8 Å². The van der Waals surface area contributed by atoms with Crippen molar-refractivity contribution in [1.82, 2.24) is 14.1 Å². The van der Waals surface area contributed by atoms with Gasteiger partial charge in [0.2, 0.25) is 15.9 Å². The van der Waals surface area contributed by atoms with Crippen LogP contribution >= 0.6 is 11.3 Å². The Kier molecular flexibility index (Phi) is 5.39. The average Bonchev–Trinajstić information content (AvgIpc) is 3.18. The first kappa shape index (κ1) is 20.3. The van der Waals surface area contributed by atoms with Crippen molar-refractivity contribution >= 4 is 33.2 Å². The van der Waals surface area contributed by atoms with Gasteiger partial charge in [0, 0.05) is 18.0 Å². The van der Waals surface area contributed by atoms with Gasteiger partial charge < -0.3 is 9.80 Å². The van der Waals surface area contributed by atoms with E-state index in [9.17, 15) is 18.0 Å². The van der Waals surface area contributed by atoms with Gasteiger partial charge in [0.05, 0.1) is 29.1 Å². The molecule has 0 aliphatic carbocycles. The van der Waals surface area contributed by atoms with Crippen LogP contribution in [-0.2, 0) is 21.4 Å². The highest BCUT2D eigenvalue weighted by molar-refractivity contribution is 7.88.